The van der Waals surface area contributed by atoms with Gasteiger partial charge in [0.2, 0.25) is 0 Å². The van der Waals surface area contributed by atoms with Crippen molar-refractivity contribution in [1.82, 2.24) is 0 Å². The van der Waals surface area contributed by atoms with E-state index in [1.807, 2.05) is 6.07 Å². The molecule has 0 atom stereocenters. The molecule has 0 unspecified atom stereocenters. The maximum atomic E-state index is 12.6. The number of halogens is 3. The third-order valence-electron chi connectivity index (χ3n) is 4.46. The Morgan fingerprint density at radius 1 is 1.06 bits per heavy atom. The van der Waals surface area contributed by atoms with Crippen molar-refractivity contribution in [1.29, 1.82) is 5.26 Å². The van der Waals surface area contributed by atoms with Crippen molar-refractivity contribution in [3.8, 4) is 11.8 Å². The molecule has 0 aromatic heterocycles. The van der Waals surface area contributed by atoms with Gasteiger partial charge in [-0.3, -0.25) is 4.79 Å². The van der Waals surface area contributed by atoms with E-state index in [1.165, 1.54) is 6.08 Å². The molecule has 7 heteroatoms. The molecule has 31 heavy (non-hydrogen) atoms. The van der Waals surface area contributed by atoms with Crippen LogP contribution in [0.3, 0.4) is 0 Å². The molecule has 3 aromatic rings. The number of carbonyl (C=O) groups excluding carboxylic acids is 1. The molecule has 156 valence electrons. The zero-order chi connectivity index (χ0) is 22.4. The third kappa shape index (κ3) is 6.02. The Balaban J connectivity index is 1.74. The van der Waals surface area contributed by atoms with E-state index in [2.05, 4.69) is 5.32 Å². The number of amides is 1. The van der Waals surface area contributed by atoms with Crippen molar-refractivity contribution < 1.29 is 9.53 Å². The van der Waals surface area contributed by atoms with Gasteiger partial charge in [-0.1, -0.05) is 59.1 Å². The maximum absolute atomic E-state index is 12.6. The molecule has 0 bridgehead atoms. The standard InChI is InChI=1S/C24H17Cl3N2O2/c1-15-21(26)6-3-7-23(15)29-24(30)18(13-28)10-16-4-2-5-20(11-16)31-14-17-8-9-19(25)12-22(17)27/h2-12H,14H2,1H3,(H,29,30)/b18-10-. The van der Waals surface area contributed by atoms with Crippen molar-refractivity contribution in [2.75, 3.05) is 5.32 Å². The van der Waals surface area contributed by atoms with Gasteiger partial charge in [0.25, 0.3) is 5.91 Å². The number of nitriles is 1. The minimum absolute atomic E-state index is 0.0442. The van der Waals surface area contributed by atoms with E-state index in [0.717, 1.165) is 11.1 Å². The predicted molar refractivity (Wildman–Crippen MR) is 126 cm³/mol. The van der Waals surface area contributed by atoms with Gasteiger partial charge in [0, 0.05) is 26.3 Å². The zero-order valence-electron chi connectivity index (χ0n) is 16.5. The molecule has 1 amide bonds. The molecule has 0 aliphatic heterocycles. The van der Waals surface area contributed by atoms with E-state index in [1.54, 1.807) is 67.6 Å². The topological polar surface area (TPSA) is 62.1 Å². The van der Waals surface area contributed by atoms with Crippen molar-refractivity contribution in [2.45, 2.75) is 13.5 Å². The highest BCUT2D eigenvalue weighted by Gasteiger charge is 2.12. The molecule has 4 nitrogen and oxygen atoms in total. The highest BCUT2D eigenvalue weighted by Crippen LogP contribution is 2.25. The first kappa shape index (κ1) is 22.7. The van der Waals surface area contributed by atoms with Crippen LogP contribution in [0.2, 0.25) is 15.1 Å². The molecule has 0 radical (unpaired) electrons. The molecule has 0 heterocycles. The Hall–Kier alpha value is -2.97. The summed E-state index contributed by atoms with van der Waals surface area (Å²) >= 11 is 18.2. The highest BCUT2D eigenvalue weighted by atomic mass is 35.5. The Morgan fingerprint density at radius 2 is 1.84 bits per heavy atom. The Morgan fingerprint density at radius 3 is 2.58 bits per heavy atom. The van der Waals surface area contributed by atoms with Crippen molar-refractivity contribution in [3.05, 3.63) is 98.0 Å². The number of anilines is 1. The first-order valence-electron chi connectivity index (χ1n) is 9.22. The van der Waals surface area contributed by atoms with Crippen LogP contribution in [0.4, 0.5) is 5.69 Å². The van der Waals surface area contributed by atoms with Crippen LogP contribution in [0.15, 0.2) is 66.2 Å². The van der Waals surface area contributed by atoms with Gasteiger partial charge in [-0.2, -0.15) is 5.26 Å². The van der Waals surface area contributed by atoms with E-state index in [9.17, 15) is 10.1 Å². The fourth-order valence-corrected chi connectivity index (χ4v) is 3.38. The number of carbonyl (C=O) groups is 1. The molecule has 1 N–H and O–H groups in total. The minimum atomic E-state index is -0.521. The van der Waals surface area contributed by atoms with E-state index in [-0.39, 0.29) is 12.2 Å². The summed E-state index contributed by atoms with van der Waals surface area (Å²) in [6.45, 7) is 2.05. The fraction of sp³-hybridized carbons (Fsp3) is 0.0833. The number of hydrogen-bond donors (Lipinski definition) is 1. The summed E-state index contributed by atoms with van der Waals surface area (Å²) in [7, 11) is 0. The summed E-state index contributed by atoms with van der Waals surface area (Å²) in [5.74, 6) is 0.0512. The second-order valence-electron chi connectivity index (χ2n) is 6.63. The van der Waals surface area contributed by atoms with Gasteiger partial charge in [-0.25, -0.2) is 0 Å². The Kier molecular flexibility index (Phi) is 7.59. The number of hydrogen-bond acceptors (Lipinski definition) is 3. The molecule has 3 rings (SSSR count). The predicted octanol–water partition coefficient (Wildman–Crippen LogP) is 7.08. The van der Waals surface area contributed by atoms with Crippen molar-refractivity contribution >= 4 is 52.5 Å². The lowest BCUT2D eigenvalue weighted by Gasteiger charge is -2.10. The molecule has 0 aliphatic rings. The number of ether oxygens (including phenoxy) is 1. The highest BCUT2D eigenvalue weighted by molar-refractivity contribution is 6.35. The normalized spacial score (nSPS) is 11.0. The van der Waals surface area contributed by atoms with E-state index >= 15 is 0 Å². The number of benzene rings is 3. The summed E-state index contributed by atoms with van der Waals surface area (Å²) in [5.41, 5.74) is 2.68. The molecular formula is C24H17Cl3N2O2. The van der Waals surface area contributed by atoms with Crippen molar-refractivity contribution in [2.24, 2.45) is 0 Å². The number of nitrogens with zero attached hydrogens (tertiary/aromatic N) is 1. The first-order chi connectivity index (χ1) is 14.9. The molecule has 0 spiro atoms. The van der Waals surface area contributed by atoms with Crippen LogP contribution in [0.1, 0.15) is 16.7 Å². The average Bonchev–Trinajstić information content (AvgIpc) is 2.75. The van der Waals surface area contributed by atoms with Gasteiger partial charge in [-0.05, 0) is 60.5 Å². The average molecular weight is 472 g/mol. The lowest BCUT2D eigenvalue weighted by atomic mass is 10.1. The van der Waals surface area contributed by atoms with Crippen LogP contribution in [0, 0.1) is 18.3 Å². The first-order valence-corrected chi connectivity index (χ1v) is 10.4. The van der Waals surface area contributed by atoms with Crippen LogP contribution >= 0.6 is 34.8 Å². The summed E-state index contributed by atoms with van der Waals surface area (Å²) in [4.78, 5) is 12.6. The molecule has 0 saturated carbocycles. The SMILES string of the molecule is Cc1c(Cl)cccc1NC(=O)/C(C#N)=C\c1cccc(OCc2ccc(Cl)cc2Cl)c1. The van der Waals surface area contributed by atoms with Gasteiger partial charge >= 0.3 is 0 Å². The van der Waals surface area contributed by atoms with Gasteiger partial charge in [0.1, 0.15) is 24.0 Å². The van der Waals surface area contributed by atoms with Gasteiger partial charge < -0.3 is 10.1 Å². The smallest absolute Gasteiger partial charge is 0.266 e. The quantitative estimate of drug-likeness (QED) is 0.308. The molecule has 0 saturated heterocycles. The van der Waals surface area contributed by atoms with Crippen LogP contribution in [-0.4, -0.2) is 5.91 Å². The molecular weight excluding hydrogens is 455 g/mol. The van der Waals surface area contributed by atoms with Crippen LogP contribution < -0.4 is 10.1 Å². The molecule has 0 aliphatic carbocycles. The van der Waals surface area contributed by atoms with Gasteiger partial charge in [0.15, 0.2) is 0 Å². The Labute approximate surface area is 195 Å². The monoisotopic (exact) mass is 470 g/mol. The Bertz CT molecular complexity index is 1200. The maximum Gasteiger partial charge on any atom is 0.266 e. The lowest BCUT2D eigenvalue weighted by Crippen LogP contribution is -2.14. The zero-order valence-corrected chi connectivity index (χ0v) is 18.7. The summed E-state index contributed by atoms with van der Waals surface area (Å²) < 4.78 is 5.80. The van der Waals surface area contributed by atoms with Gasteiger partial charge in [-0.15, -0.1) is 0 Å². The summed E-state index contributed by atoms with van der Waals surface area (Å²) in [6.07, 6.45) is 1.50. The van der Waals surface area contributed by atoms with Crippen molar-refractivity contribution in [3.63, 3.8) is 0 Å². The third-order valence-corrected chi connectivity index (χ3v) is 5.46. The van der Waals surface area contributed by atoms with Crippen LogP contribution in [0.25, 0.3) is 6.08 Å². The summed E-state index contributed by atoms with van der Waals surface area (Å²) in [5, 5.41) is 13.8. The summed E-state index contributed by atoms with van der Waals surface area (Å²) in [6, 6.07) is 19.4. The van der Waals surface area contributed by atoms with E-state index in [0.29, 0.717) is 32.1 Å². The number of nitrogens with one attached hydrogen (secondary N) is 1. The largest absolute Gasteiger partial charge is 0.489 e. The number of rotatable bonds is 6. The van der Waals surface area contributed by atoms with Crippen LogP contribution in [0.5, 0.6) is 5.75 Å². The molecule has 3 aromatic carbocycles. The van der Waals surface area contributed by atoms with E-state index in [4.69, 9.17) is 39.5 Å². The van der Waals surface area contributed by atoms with Crippen LogP contribution in [-0.2, 0) is 11.4 Å². The minimum Gasteiger partial charge on any atom is -0.489 e. The molecule has 0 fully saturated rings. The second kappa shape index (κ2) is 10.4. The fourth-order valence-electron chi connectivity index (χ4n) is 2.74. The second-order valence-corrected chi connectivity index (χ2v) is 7.88. The van der Waals surface area contributed by atoms with Gasteiger partial charge in [0.05, 0.1) is 0 Å². The van der Waals surface area contributed by atoms with E-state index < -0.39 is 5.91 Å². The lowest BCUT2D eigenvalue weighted by molar-refractivity contribution is -0.112.